The summed E-state index contributed by atoms with van der Waals surface area (Å²) in [7, 11) is 0. The number of fused-ring (bicyclic) bond motifs is 1. The number of benzene rings is 1. The second-order valence-corrected chi connectivity index (χ2v) is 7.64. The molecule has 6 heteroatoms. The van der Waals surface area contributed by atoms with Crippen molar-refractivity contribution in [2.75, 3.05) is 11.1 Å². The quantitative estimate of drug-likeness (QED) is 0.660. The Kier molecular flexibility index (Phi) is 5.45. The summed E-state index contributed by atoms with van der Waals surface area (Å²) in [5.41, 5.74) is 3.77. The van der Waals surface area contributed by atoms with Crippen molar-refractivity contribution in [1.82, 2.24) is 9.55 Å². The summed E-state index contributed by atoms with van der Waals surface area (Å²) in [6.45, 7) is 0. The first kappa shape index (κ1) is 18.3. The van der Waals surface area contributed by atoms with Gasteiger partial charge >= 0.3 is 0 Å². The number of carbonyl (C=O) groups excluding carboxylic acids is 1. The highest BCUT2D eigenvalue weighted by molar-refractivity contribution is 7.99. The monoisotopic (exact) mass is 388 g/mol. The van der Waals surface area contributed by atoms with E-state index in [1.807, 2.05) is 48.5 Å². The zero-order chi connectivity index (χ0) is 19.3. The van der Waals surface area contributed by atoms with E-state index in [4.69, 9.17) is 0 Å². The molecule has 1 N–H and O–H groups in total. The predicted molar refractivity (Wildman–Crippen MR) is 111 cm³/mol. The predicted octanol–water partition coefficient (Wildman–Crippen LogP) is 4.35. The van der Waals surface area contributed by atoms with E-state index in [1.165, 1.54) is 11.8 Å². The fraction of sp³-hybridized carbons (Fsp3) is 0.227. The fourth-order valence-corrected chi connectivity index (χ4v) is 4.30. The lowest BCUT2D eigenvalue weighted by Gasteiger charge is -2.17. The number of anilines is 1. The molecule has 0 unspecified atom stereocenters. The number of para-hydroxylation sites is 1. The van der Waals surface area contributed by atoms with Gasteiger partial charge in [0, 0.05) is 17.6 Å². The molecule has 140 valence electrons. The SMILES string of the molecule is N#Cc1c2c(n(-c3ccccc3)c1NC(=O)CSc1ccccn1)CCCC2. The van der Waals surface area contributed by atoms with Crippen molar-refractivity contribution in [2.45, 2.75) is 30.7 Å². The molecule has 0 bridgehead atoms. The molecule has 1 aliphatic rings. The first-order valence-corrected chi connectivity index (χ1v) is 10.3. The molecule has 0 saturated carbocycles. The Morgan fingerprint density at radius 1 is 1.14 bits per heavy atom. The van der Waals surface area contributed by atoms with Gasteiger partial charge in [-0.2, -0.15) is 5.26 Å². The van der Waals surface area contributed by atoms with Gasteiger partial charge in [0.25, 0.3) is 0 Å². The van der Waals surface area contributed by atoms with E-state index in [9.17, 15) is 10.1 Å². The number of nitriles is 1. The van der Waals surface area contributed by atoms with Crippen molar-refractivity contribution in [2.24, 2.45) is 0 Å². The first-order valence-electron chi connectivity index (χ1n) is 9.33. The van der Waals surface area contributed by atoms with Crippen molar-refractivity contribution in [3.8, 4) is 11.8 Å². The second kappa shape index (κ2) is 8.32. The Morgan fingerprint density at radius 3 is 2.68 bits per heavy atom. The fourth-order valence-electron chi connectivity index (χ4n) is 3.64. The molecule has 2 heterocycles. The van der Waals surface area contributed by atoms with E-state index in [0.717, 1.165) is 47.7 Å². The van der Waals surface area contributed by atoms with Crippen LogP contribution in [0.4, 0.5) is 5.82 Å². The third-order valence-electron chi connectivity index (χ3n) is 4.84. The van der Waals surface area contributed by atoms with Crippen LogP contribution >= 0.6 is 11.8 Å². The number of nitrogens with zero attached hydrogens (tertiary/aromatic N) is 3. The van der Waals surface area contributed by atoms with Crippen molar-refractivity contribution in [3.63, 3.8) is 0 Å². The number of thioether (sulfide) groups is 1. The Morgan fingerprint density at radius 2 is 1.93 bits per heavy atom. The van der Waals surface area contributed by atoms with Crippen molar-refractivity contribution in [3.05, 3.63) is 71.5 Å². The van der Waals surface area contributed by atoms with Gasteiger partial charge in [-0.3, -0.25) is 9.36 Å². The number of pyridine rings is 1. The summed E-state index contributed by atoms with van der Waals surface area (Å²) in [6, 6.07) is 17.9. The number of hydrogen-bond acceptors (Lipinski definition) is 4. The Hall–Kier alpha value is -3.04. The van der Waals surface area contributed by atoms with Crippen molar-refractivity contribution >= 4 is 23.5 Å². The zero-order valence-corrected chi connectivity index (χ0v) is 16.2. The minimum atomic E-state index is -0.140. The van der Waals surface area contributed by atoms with Crippen LogP contribution in [0, 0.1) is 11.3 Å². The number of rotatable bonds is 5. The molecule has 0 aliphatic heterocycles. The number of aromatic nitrogens is 2. The lowest BCUT2D eigenvalue weighted by atomic mass is 9.95. The van der Waals surface area contributed by atoms with Gasteiger partial charge in [-0.15, -0.1) is 0 Å². The topological polar surface area (TPSA) is 70.7 Å². The Balaban J connectivity index is 1.66. The number of amides is 1. The van der Waals surface area contributed by atoms with E-state index in [1.54, 1.807) is 6.20 Å². The molecule has 1 aromatic carbocycles. The summed E-state index contributed by atoms with van der Waals surface area (Å²) in [5.74, 6) is 0.693. The maximum Gasteiger partial charge on any atom is 0.235 e. The van der Waals surface area contributed by atoms with Gasteiger partial charge in [-0.05, 0) is 55.5 Å². The Labute approximate surface area is 168 Å². The highest BCUT2D eigenvalue weighted by Gasteiger charge is 2.26. The van der Waals surface area contributed by atoms with E-state index in [2.05, 4.69) is 20.9 Å². The minimum Gasteiger partial charge on any atom is -0.310 e. The van der Waals surface area contributed by atoms with Gasteiger partial charge in [0.1, 0.15) is 11.9 Å². The van der Waals surface area contributed by atoms with Crippen molar-refractivity contribution in [1.29, 1.82) is 5.26 Å². The average molecular weight is 388 g/mol. The Bertz CT molecular complexity index is 1020. The van der Waals surface area contributed by atoms with Crippen LogP contribution < -0.4 is 5.32 Å². The third-order valence-corrected chi connectivity index (χ3v) is 5.79. The van der Waals surface area contributed by atoms with Crippen molar-refractivity contribution < 1.29 is 4.79 Å². The third kappa shape index (κ3) is 3.67. The van der Waals surface area contributed by atoms with E-state index in [-0.39, 0.29) is 11.7 Å². The van der Waals surface area contributed by atoms with Crippen LogP contribution in [0.2, 0.25) is 0 Å². The van der Waals surface area contributed by atoms with Crippen LogP contribution in [-0.2, 0) is 17.6 Å². The number of hydrogen-bond donors (Lipinski definition) is 1. The lowest BCUT2D eigenvalue weighted by Crippen LogP contribution is -2.18. The van der Waals surface area contributed by atoms with Crippen LogP contribution in [0.1, 0.15) is 29.7 Å². The maximum atomic E-state index is 12.7. The van der Waals surface area contributed by atoms with E-state index in [0.29, 0.717) is 11.4 Å². The molecule has 0 spiro atoms. The molecule has 5 nitrogen and oxygen atoms in total. The summed E-state index contributed by atoms with van der Waals surface area (Å²) in [5, 5.41) is 13.6. The molecule has 0 atom stereocenters. The summed E-state index contributed by atoms with van der Waals surface area (Å²) in [6.07, 6.45) is 5.67. The number of carbonyl (C=O) groups is 1. The van der Waals surface area contributed by atoms with Gasteiger partial charge in [0.15, 0.2) is 0 Å². The highest BCUT2D eigenvalue weighted by atomic mass is 32.2. The zero-order valence-electron chi connectivity index (χ0n) is 15.4. The highest BCUT2D eigenvalue weighted by Crippen LogP contribution is 2.35. The molecular formula is C22H20N4OS. The molecule has 0 fully saturated rings. The lowest BCUT2D eigenvalue weighted by molar-refractivity contribution is -0.113. The van der Waals surface area contributed by atoms with Gasteiger partial charge in [0.2, 0.25) is 5.91 Å². The molecule has 0 radical (unpaired) electrons. The molecular weight excluding hydrogens is 368 g/mol. The van der Waals surface area contributed by atoms with Gasteiger partial charge in [-0.1, -0.05) is 36.0 Å². The summed E-state index contributed by atoms with van der Waals surface area (Å²) in [4.78, 5) is 16.9. The van der Waals surface area contributed by atoms with Crippen LogP contribution in [0.15, 0.2) is 59.8 Å². The molecule has 1 amide bonds. The van der Waals surface area contributed by atoms with Gasteiger partial charge in [-0.25, -0.2) is 4.98 Å². The van der Waals surface area contributed by atoms with Crippen LogP contribution in [0.25, 0.3) is 5.69 Å². The normalized spacial score (nSPS) is 12.8. The average Bonchev–Trinajstić information content (AvgIpc) is 3.06. The summed E-state index contributed by atoms with van der Waals surface area (Å²) < 4.78 is 2.05. The molecule has 0 saturated heterocycles. The molecule has 3 aromatic rings. The maximum absolute atomic E-state index is 12.7. The molecule has 4 rings (SSSR count). The first-order chi connectivity index (χ1) is 13.8. The number of nitrogens with one attached hydrogen (secondary N) is 1. The largest absolute Gasteiger partial charge is 0.310 e. The van der Waals surface area contributed by atoms with Gasteiger partial charge in [0.05, 0.1) is 16.3 Å². The standard InChI is InChI=1S/C22H20N4OS/c23-14-18-17-10-4-5-11-19(17)26(16-8-2-1-3-9-16)22(18)25-20(27)15-28-21-12-6-7-13-24-21/h1-3,6-9,12-13H,4-5,10-11,15H2,(H,25,27). The molecule has 2 aromatic heterocycles. The van der Waals surface area contributed by atoms with Crippen LogP contribution in [0.3, 0.4) is 0 Å². The van der Waals surface area contributed by atoms with Gasteiger partial charge < -0.3 is 5.32 Å². The minimum absolute atomic E-state index is 0.140. The molecule has 1 aliphatic carbocycles. The summed E-state index contributed by atoms with van der Waals surface area (Å²) >= 11 is 1.38. The van der Waals surface area contributed by atoms with Crippen LogP contribution in [0.5, 0.6) is 0 Å². The van der Waals surface area contributed by atoms with Crippen LogP contribution in [-0.4, -0.2) is 21.2 Å². The van der Waals surface area contributed by atoms with E-state index < -0.39 is 0 Å². The second-order valence-electron chi connectivity index (χ2n) is 6.64. The van der Waals surface area contributed by atoms with E-state index >= 15 is 0 Å². The molecule has 28 heavy (non-hydrogen) atoms. The smallest absolute Gasteiger partial charge is 0.235 e.